The van der Waals surface area contributed by atoms with Gasteiger partial charge in [0.05, 0.1) is 22.0 Å². The lowest BCUT2D eigenvalue weighted by molar-refractivity contribution is -0.111. The van der Waals surface area contributed by atoms with Crippen LogP contribution in [0.2, 0.25) is 10.0 Å². The number of hydrogen-bond donors (Lipinski definition) is 2. The first-order valence-corrected chi connectivity index (χ1v) is 9.70. The number of halogens is 3. The van der Waals surface area contributed by atoms with Gasteiger partial charge in [-0.1, -0.05) is 23.2 Å². The number of carbonyl (C=O) groups excluding carboxylic acids is 1. The number of aromatic carboxylic acids is 1. The molecule has 0 fully saturated rings. The molecule has 0 aliphatic carbocycles. The Balaban J connectivity index is 1.89. The first-order chi connectivity index (χ1) is 13.8. The highest BCUT2D eigenvalue weighted by atomic mass is 79.9. The Hall–Kier alpha value is -2.68. The molecule has 2 aromatic heterocycles. The Morgan fingerprint density at radius 2 is 2.03 bits per heavy atom. The number of hydrogen-bond acceptors (Lipinski definition) is 4. The number of pyridine rings is 1. The smallest absolute Gasteiger partial charge is 0.337 e. The van der Waals surface area contributed by atoms with Crippen molar-refractivity contribution in [2.75, 3.05) is 5.32 Å². The van der Waals surface area contributed by atoms with E-state index in [0.717, 1.165) is 0 Å². The van der Waals surface area contributed by atoms with Gasteiger partial charge in [0.15, 0.2) is 5.82 Å². The summed E-state index contributed by atoms with van der Waals surface area (Å²) in [4.78, 5) is 28.1. The monoisotopic (exact) mass is 494 g/mol. The molecule has 0 unspecified atom stereocenters. The number of nitrogens with one attached hydrogen (secondary N) is 1. The van der Waals surface area contributed by atoms with Crippen molar-refractivity contribution < 1.29 is 14.7 Å². The maximum atomic E-state index is 12.4. The second-order valence-corrected chi connectivity index (χ2v) is 7.54. The van der Waals surface area contributed by atoms with E-state index in [0.29, 0.717) is 26.7 Å². The predicted octanol–water partition coefficient (Wildman–Crippen LogP) is 5.00. The molecule has 10 heteroatoms. The van der Waals surface area contributed by atoms with Crippen LogP contribution < -0.4 is 5.32 Å². The highest BCUT2D eigenvalue weighted by Gasteiger charge is 2.16. The fourth-order valence-electron chi connectivity index (χ4n) is 2.59. The first-order valence-electron chi connectivity index (χ1n) is 8.15. The molecule has 29 heavy (non-hydrogen) atoms. The molecule has 148 valence electrons. The lowest BCUT2D eigenvalue weighted by Crippen LogP contribution is -2.13. The molecule has 2 heterocycles. The van der Waals surface area contributed by atoms with E-state index in [9.17, 15) is 14.7 Å². The van der Waals surface area contributed by atoms with Gasteiger partial charge in [-0.25, -0.2) is 14.5 Å². The molecule has 3 aromatic rings. The largest absolute Gasteiger partial charge is 0.478 e. The number of anilines is 1. The van der Waals surface area contributed by atoms with Crippen molar-refractivity contribution in [2.24, 2.45) is 0 Å². The summed E-state index contributed by atoms with van der Waals surface area (Å²) in [6.07, 6.45) is 4.36. The number of amides is 1. The molecule has 1 aromatic carbocycles. The number of carboxylic acid groups (broad SMARTS) is 1. The number of aryl methyl sites for hydroxylation is 1. The van der Waals surface area contributed by atoms with Crippen LogP contribution in [0.4, 0.5) is 5.69 Å². The van der Waals surface area contributed by atoms with Crippen molar-refractivity contribution in [3.8, 4) is 5.82 Å². The number of carbonyl (C=O) groups is 2. The van der Waals surface area contributed by atoms with E-state index in [4.69, 9.17) is 23.2 Å². The Bertz CT molecular complexity index is 1140. The van der Waals surface area contributed by atoms with Crippen LogP contribution in [0.3, 0.4) is 0 Å². The SMILES string of the molecule is Cc1cc(Cl)cc(C(=O)O)c1NC(=O)C=Cc1cc(Br)nn1-c1ncccc1Cl. The highest BCUT2D eigenvalue weighted by molar-refractivity contribution is 9.10. The Kier molecular flexibility index (Phi) is 6.36. The van der Waals surface area contributed by atoms with Crippen LogP contribution in [0.1, 0.15) is 21.6 Å². The van der Waals surface area contributed by atoms with Gasteiger partial charge < -0.3 is 10.4 Å². The van der Waals surface area contributed by atoms with Crippen LogP contribution in [0.5, 0.6) is 0 Å². The Morgan fingerprint density at radius 3 is 2.72 bits per heavy atom. The molecule has 0 saturated carbocycles. The number of aromatic nitrogens is 3. The molecule has 7 nitrogen and oxygen atoms in total. The summed E-state index contributed by atoms with van der Waals surface area (Å²) in [6, 6.07) is 7.91. The van der Waals surface area contributed by atoms with Gasteiger partial charge in [-0.05, 0) is 64.8 Å². The summed E-state index contributed by atoms with van der Waals surface area (Å²) in [6.45, 7) is 1.66. The summed E-state index contributed by atoms with van der Waals surface area (Å²) in [7, 11) is 0. The van der Waals surface area contributed by atoms with Gasteiger partial charge in [0.2, 0.25) is 5.91 Å². The van der Waals surface area contributed by atoms with E-state index in [-0.39, 0.29) is 16.3 Å². The topological polar surface area (TPSA) is 97.1 Å². The van der Waals surface area contributed by atoms with Crippen molar-refractivity contribution in [1.29, 1.82) is 0 Å². The van der Waals surface area contributed by atoms with E-state index in [1.54, 1.807) is 37.4 Å². The molecule has 1 amide bonds. The fraction of sp³-hybridized carbons (Fsp3) is 0.0526. The summed E-state index contributed by atoms with van der Waals surface area (Å²) in [5, 5.41) is 16.9. The Morgan fingerprint density at radius 1 is 1.28 bits per heavy atom. The minimum atomic E-state index is -1.19. The van der Waals surface area contributed by atoms with Gasteiger partial charge in [0, 0.05) is 17.3 Å². The van der Waals surface area contributed by atoms with Gasteiger partial charge in [-0.3, -0.25) is 4.79 Å². The van der Waals surface area contributed by atoms with Crippen LogP contribution in [-0.2, 0) is 4.79 Å². The standard InChI is InChI=1S/C19H13BrCl2N4O3/c1-10-7-11(21)8-13(19(28)29)17(10)24-16(27)5-4-12-9-15(20)25-26(12)18-14(22)3-2-6-23-18/h2-9H,1H3,(H,24,27)(H,28,29). The van der Waals surface area contributed by atoms with Gasteiger partial charge in [-0.15, -0.1) is 0 Å². The third-order valence-corrected chi connectivity index (χ3v) is 4.73. The van der Waals surface area contributed by atoms with Crippen molar-refractivity contribution in [2.45, 2.75) is 6.92 Å². The molecule has 0 spiro atoms. The summed E-state index contributed by atoms with van der Waals surface area (Å²) < 4.78 is 2.01. The quantitative estimate of drug-likeness (QED) is 0.485. The number of benzene rings is 1. The maximum absolute atomic E-state index is 12.4. The van der Waals surface area contributed by atoms with E-state index < -0.39 is 11.9 Å². The van der Waals surface area contributed by atoms with Crippen LogP contribution in [0, 0.1) is 6.92 Å². The fourth-order valence-corrected chi connectivity index (χ4v) is 3.46. The van der Waals surface area contributed by atoms with E-state index >= 15 is 0 Å². The molecular weight excluding hydrogens is 483 g/mol. The minimum absolute atomic E-state index is 0.0928. The average molecular weight is 496 g/mol. The van der Waals surface area contributed by atoms with Gasteiger partial charge in [-0.2, -0.15) is 5.10 Å². The second kappa shape index (κ2) is 8.77. The van der Waals surface area contributed by atoms with Crippen molar-refractivity contribution in [3.05, 3.63) is 74.1 Å². The molecule has 0 saturated heterocycles. The molecule has 0 radical (unpaired) electrons. The minimum Gasteiger partial charge on any atom is -0.478 e. The first kappa shape index (κ1) is 21.0. The molecule has 3 rings (SSSR count). The van der Waals surface area contributed by atoms with Gasteiger partial charge >= 0.3 is 5.97 Å². The molecular formula is C19H13BrCl2N4O3. The molecule has 0 aliphatic heterocycles. The van der Waals surface area contributed by atoms with Crippen molar-refractivity contribution >= 4 is 62.8 Å². The lowest BCUT2D eigenvalue weighted by Gasteiger charge is -2.11. The van der Waals surface area contributed by atoms with Gasteiger partial charge in [0.25, 0.3) is 0 Å². The molecule has 0 atom stereocenters. The van der Waals surface area contributed by atoms with E-state index in [1.807, 2.05) is 0 Å². The van der Waals surface area contributed by atoms with Crippen LogP contribution >= 0.6 is 39.1 Å². The number of carboxylic acids is 1. The zero-order chi connectivity index (χ0) is 21.1. The average Bonchev–Trinajstić information content (AvgIpc) is 3.02. The van der Waals surface area contributed by atoms with Crippen molar-refractivity contribution in [1.82, 2.24) is 14.8 Å². The number of rotatable bonds is 5. The normalized spacial score (nSPS) is 11.0. The van der Waals surface area contributed by atoms with Crippen molar-refractivity contribution in [3.63, 3.8) is 0 Å². The maximum Gasteiger partial charge on any atom is 0.337 e. The van der Waals surface area contributed by atoms with Crippen LogP contribution in [-0.4, -0.2) is 31.7 Å². The highest BCUT2D eigenvalue weighted by Crippen LogP contribution is 2.26. The second-order valence-electron chi connectivity index (χ2n) is 5.89. The van der Waals surface area contributed by atoms with Crippen LogP contribution in [0.15, 0.2) is 47.2 Å². The van der Waals surface area contributed by atoms with E-state index in [2.05, 4.69) is 31.3 Å². The van der Waals surface area contributed by atoms with Crippen LogP contribution in [0.25, 0.3) is 11.9 Å². The zero-order valence-electron chi connectivity index (χ0n) is 14.9. The molecule has 0 bridgehead atoms. The summed E-state index contributed by atoms with van der Waals surface area (Å²) in [5.41, 5.74) is 1.16. The zero-order valence-corrected chi connectivity index (χ0v) is 18.0. The summed E-state index contributed by atoms with van der Waals surface area (Å²) >= 11 is 15.4. The third kappa shape index (κ3) is 4.84. The molecule has 2 N–H and O–H groups in total. The van der Waals surface area contributed by atoms with E-state index in [1.165, 1.54) is 22.9 Å². The Labute approximate surface area is 184 Å². The molecule has 0 aliphatic rings. The lowest BCUT2D eigenvalue weighted by atomic mass is 10.1. The predicted molar refractivity (Wildman–Crippen MR) is 115 cm³/mol. The number of nitrogens with zero attached hydrogens (tertiary/aromatic N) is 3. The third-order valence-electron chi connectivity index (χ3n) is 3.83. The van der Waals surface area contributed by atoms with Gasteiger partial charge in [0.1, 0.15) is 4.60 Å². The summed E-state index contributed by atoms with van der Waals surface area (Å²) in [5.74, 6) is -1.31.